The summed E-state index contributed by atoms with van der Waals surface area (Å²) in [5.74, 6) is 1.93. The van der Waals surface area contributed by atoms with Crippen molar-refractivity contribution in [2.45, 2.75) is 44.1 Å². The van der Waals surface area contributed by atoms with Gasteiger partial charge in [0.25, 0.3) is 0 Å². The molecule has 1 aliphatic heterocycles. The predicted octanol–water partition coefficient (Wildman–Crippen LogP) is 2.96. The van der Waals surface area contributed by atoms with Gasteiger partial charge in [0, 0.05) is 0 Å². The highest BCUT2D eigenvalue weighted by Crippen LogP contribution is 2.39. The van der Waals surface area contributed by atoms with E-state index in [1.807, 2.05) is 0 Å². The molecule has 1 fully saturated rings. The van der Waals surface area contributed by atoms with E-state index in [4.69, 9.17) is 4.52 Å². The first-order valence-electron chi connectivity index (χ1n) is 7.56. The van der Waals surface area contributed by atoms with Crippen molar-refractivity contribution in [2.75, 3.05) is 6.54 Å². The number of nitrogens with one attached hydrogen (secondary N) is 1. The zero-order valence-corrected chi connectivity index (χ0v) is 11.5. The Morgan fingerprint density at radius 3 is 3.05 bits per heavy atom. The van der Waals surface area contributed by atoms with E-state index in [0.717, 1.165) is 31.1 Å². The zero-order valence-electron chi connectivity index (χ0n) is 11.5. The molecule has 0 bridgehead atoms. The molecule has 0 spiro atoms. The van der Waals surface area contributed by atoms with Crippen LogP contribution in [-0.2, 0) is 6.42 Å². The lowest BCUT2D eigenvalue weighted by Gasteiger charge is -2.26. The number of benzene rings is 1. The summed E-state index contributed by atoms with van der Waals surface area (Å²) in [4.78, 5) is 4.66. The van der Waals surface area contributed by atoms with Crippen molar-refractivity contribution in [2.24, 2.45) is 0 Å². The summed E-state index contributed by atoms with van der Waals surface area (Å²) in [5, 5.41) is 7.73. The van der Waals surface area contributed by atoms with Crippen molar-refractivity contribution in [3.63, 3.8) is 0 Å². The Kier molecular flexibility index (Phi) is 3.03. The normalized spacial score (nSPS) is 25.6. The number of rotatable bonds is 2. The highest BCUT2D eigenvalue weighted by molar-refractivity contribution is 5.43. The minimum Gasteiger partial charge on any atom is -0.339 e. The SMILES string of the molecule is c1ccc2c(c1)CC2c1nc(C2CCCCCN2)no1. The van der Waals surface area contributed by atoms with E-state index in [2.05, 4.69) is 39.7 Å². The molecule has 20 heavy (non-hydrogen) atoms. The van der Waals surface area contributed by atoms with Crippen LogP contribution in [0.3, 0.4) is 0 Å². The highest BCUT2D eigenvalue weighted by Gasteiger charge is 2.32. The molecule has 2 unspecified atom stereocenters. The highest BCUT2D eigenvalue weighted by atomic mass is 16.5. The molecule has 2 aromatic rings. The molecule has 4 heteroatoms. The van der Waals surface area contributed by atoms with Gasteiger partial charge >= 0.3 is 0 Å². The Balaban J connectivity index is 1.54. The van der Waals surface area contributed by atoms with E-state index >= 15 is 0 Å². The molecule has 104 valence electrons. The van der Waals surface area contributed by atoms with Crippen LogP contribution < -0.4 is 5.32 Å². The Morgan fingerprint density at radius 2 is 2.10 bits per heavy atom. The van der Waals surface area contributed by atoms with E-state index in [1.165, 1.54) is 30.4 Å². The summed E-state index contributed by atoms with van der Waals surface area (Å²) in [5.41, 5.74) is 2.75. The van der Waals surface area contributed by atoms with Gasteiger partial charge in [-0.2, -0.15) is 4.98 Å². The minimum atomic E-state index is 0.269. The van der Waals surface area contributed by atoms with Crippen molar-refractivity contribution in [1.82, 2.24) is 15.5 Å². The lowest BCUT2D eigenvalue weighted by molar-refractivity contribution is 0.346. The number of nitrogens with zero attached hydrogens (tertiary/aromatic N) is 2. The van der Waals surface area contributed by atoms with Gasteiger partial charge in [-0.1, -0.05) is 42.3 Å². The number of fused-ring (bicyclic) bond motifs is 1. The van der Waals surface area contributed by atoms with Gasteiger partial charge in [0.15, 0.2) is 5.82 Å². The van der Waals surface area contributed by atoms with Crippen molar-refractivity contribution in [3.8, 4) is 0 Å². The maximum absolute atomic E-state index is 5.52. The van der Waals surface area contributed by atoms with Gasteiger partial charge in [-0.3, -0.25) is 0 Å². The fourth-order valence-corrected chi connectivity index (χ4v) is 3.26. The second-order valence-corrected chi connectivity index (χ2v) is 5.80. The summed E-state index contributed by atoms with van der Waals surface area (Å²) in [6, 6.07) is 8.77. The van der Waals surface area contributed by atoms with Crippen LogP contribution in [0, 0.1) is 0 Å². The van der Waals surface area contributed by atoms with Crippen molar-refractivity contribution in [3.05, 3.63) is 47.1 Å². The number of hydrogen-bond donors (Lipinski definition) is 1. The Bertz CT molecular complexity index is 599. The van der Waals surface area contributed by atoms with Crippen LogP contribution >= 0.6 is 0 Å². The van der Waals surface area contributed by atoms with Gasteiger partial charge in [-0.15, -0.1) is 0 Å². The maximum atomic E-state index is 5.52. The first-order valence-corrected chi connectivity index (χ1v) is 7.56. The number of hydrogen-bond acceptors (Lipinski definition) is 4. The summed E-state index contributed by atoms with van der Waals surface area (Å²) in [7, 11) is 0. The Labute approximate surface area is 118 Å². The Hall–Kier alpha value is -1.68. The van der Waals surface area contributed by atoms with Crippen molar-refractivity contribution >= 4 is 0 Å². The second kappa shape index (κ2) is 5.02. The van der Waals surface area contributed by atoms with Gasteiger partial charge in [-0.05, 0) is 36.9 Å². The fraction of sp³-hybridized carbons (Fsp3) is 0.500. The molecule has 1 aromatic heterocycles. The fourth-order valence-electron chi connectivity index (χ4n) is 3.26. The predicted molar refractivity (Wildman–Crippen MR) is 75.5 cm³/mol. The minimum absolute atomic E-state index is 0.269. The zero-order chi connectivity index (χ0) is 13.4. The molecule has 0 radical (unpaired) electrons. The largest absolute Gasteiger partial charge is 0.339 e. The van der Waals surface area contributed by atoms with Crippen molar-refractivity contribution in [1.29, 1.82) is 0 Å². The van der Waals surface area contributed by atoms with Crippen LogP contribution in [0.25, 0.3) is 0 Å². The van der Waals surface area contributed by atoms with Crippen molar-refractivity contribution < 1.29 is 4.52 Å². The van der Waals surface area contributed by atoms with Gasteiger partial charge < -0.3 is 9.84 Å². The maximum Gasteiger partial charge on any atom is 0.234 e. The molecule has 0 amide bonds. The molecule has 4 rings (SSSR count). The van der Waals surface area contributed by atoms with Crippen LogP contribution in [0.2, 0.25) is 0 Å². The van der Waals surface area contributed by atoms with Crippen LogP contribution in [0.15, 0.2) is 28.8 Å². The van der Waals surface area contributed by atoms with E-state index in [9.17, 15) is 0 Å². The molecule has 0 saturated carbocycles. The van der Waals surface area contributed by atoms with Gasteiger partial charge in [-0.25, -0.2) is 0 Å². The number of aromatic nitrogens is 2. The molecule has 2 aliphatic rings. The lowest BCUT2D eigenvalue weighted by Crippen LogP contribution is -2.22. The van der Waals surface area contributed by atoms with Crippen LogP contribution in [0.4, 0.5) is 0 Å². The van der Waals surface area contributed by atoms with Gasteiger partial charge in [0.1, 0.15) is 0 Å². The smallest absolute Gasteiger partial charge is 0.234 e. The Morgan fingerprint density at radius 1 is 1.15 bits per heavy atom. The standard InChI is InChI=1S/C16H19N3O/c1-2-8-14(17-9-5-1)15-18-16(20-19-15)13-10-11-6-3-4-7-12(11)13/h3-4,6-7,13-14,17H,1-2,5,8-10H2. The molecule has 2 heterocycles. The third-order valence-electron chi connectivity index (χ3n) is 4.48. The summed E-state index contributed by atoms with van der Waals surface area (Å²) in [6.07, 6.45) is 5.92. The molecule has 1 aliphatic carbocycles. The molecular weight excluding hydrogens is 250 g/mol. The third-order valence-corrected chi connectivity index (χ3v) is 4.48. The summed E-state index contributed by atoms with van der Waals surface area (Å²) in [6.45, 7) is 1.06. The van der Waals surface area contributed by atoms with E-state index in [-0.39, 0.29) is 6.04 Å². The first kappa shape index (κ1) is 12.1. The first-order chi connectivity index (χ1) is 9.92. The second-order valence-electron chi connectivity index (χ2n) is 5.80. The molecular formula is C16H19N3O. The molecule has 1 N–H and O–H groups in total. The molecule has 4 nitrogen and oxygen atoms in total. The van der Waals surface area contributed by atoms with E-state index in [0.29, 0.717) is 5.92 Å². The van der Waals surface area contributed by atoms with Crippen LogP contribution in [0.1, 0.15) is 60.5 Å². The average Bonchev–Trinajstić information content (AvgIpc) is 2.75. The summed E-state index contributed by atoms with van der Waals surface area (Å²) >= 11 is 0. The van der Waals surface area contributed by atoms with Crippen LogP contribution in [0.5, 0.6) is 0 Å². The quantitative estimate of drug-likeness (QED) is 0.910. The molecule has 2 atom stereocenters. The third kappa shape index (κ3) is 2.04. The van der Waals surface area contributed by atoms with E-state index < -0.39 is 0 Å². The van der Waals surface area contributed by atoms with E-state index in [1.54, 1.807) is 0 Å². The lowest BCUT2D eigenvalue weighted by atomic mass is 9.77. The monoisotopic (exact) mass is 269 g/mol. The summed E-state index contributed by atoms with van der Waals surface area (Å²) < 4.78 is 5.52. The topological polar surface area (TPSA) is 51.0 Å². The molecule has 1 aromatic carbocycles. The van der Waals surface area contributed by atoms with Gasteiger partial charge in [0.05, 0.1) is 12.0 Å². The average molecular weight is 269 g/mol. The van der Waals surface area contributed by atoms with Crippen LogP contribution in [-0.4, -0.2) is 16.7 Å². The van der Waals surface area contributed by atoms with Gasteiger partial charge in [0.2, 0.25) is 5.89 Å². The molecule has 1 saturated heterocycles.